The van der Waals surface area contributed by atoms with Gasteiger partial charge in [-0.25, -0.2) is 0 Å². The lowest BCUT2D eigenvalue weighted by Crippen LogP contribution is -2.10. The van der Waals surface area contributed by atoms with Crippen LogP contribution in [0.1, 0.15) is 11.5 Å². The molecule has 1 heterocycles. The molecular weight excluding hydrogens is 362 g/mol. The molecule has 10 heteroatoms. The Kier molecular flexibility index (Phi) is 4.43. The van der Waals surface area contributed by atoms with E-state index in [-0.39, 0.29) is 16.3 Å². The summed E-state index contributed by atoms with van der Waals surface area (Å²) < 4.78 is 34.7. The first-order valence-electron chi connectivity index (χ1n) is 7.36. The molecule has 0 radical (unpaired) electrons. The fourth-order valence-corrected chi connectivity index (χ4v) is 3.14. The van der Waals surface area contributed by atoms with Crippen LogP contribution in [-0.4, -0.2) is 23.5 Å². The Labute approximate surface area is 148 Å². The summed E-state index contributed by atoms with van der Waals surface area (Å²) in [6, 6.07) is 9.60. The normalized spacial score (nSPS) is 11.3. The topological polar surface area (TPSA) is 125 Å². The zero-order chi connectivity index (χ0) is 18.9. The van der Waals surface area contributed by atoms with Crippen molar-refractivity contribution in [3.05, 3.63) is 64.0 Å². The van der Waals surface area contributed by atoms with Crippen LogP contribution in [0.3, 0.4) is 0 Å². The highest BCUT2D eigenvalue weighted by Crippen LogP contribution is 2.26. The van der Waals surface area contributed by atoms with Gasteiger partial charge >= 0.3 is 10.1 Å². The first-order valence-corrected chi connectivity index (χ1v) is 8.77. The Morgan fingerprint density at radius 3 is 2.38 bits per heavy atom. The monoisotopic (exact) mass is 375 g/mol. The molecule has 0 fully saturated rings. The molecule has 0 amide bonds. The molecule has 0 saturated heterocycles. The minimum atomic E-state index is -4.21. The Balaban J connectivity index is 1.86. The van der Waals surface area contributed by atoms with Crippen LogP contribution in [-0.2, 0) is 10.1 Å². The quantitative estimate of drug-likeness (QED) is 0.378. The van der Waals surface area contributed by atoms with E-state index in [4.69, 9.17) is 8.71 Å². The maximum atomic E-state index is 12.4. The molecule has 0 aliphatic rings. The summed E-state index contributed by atoms with van der Waals surface area (Å²) in [4.78, 5) is 14.1. The van der Waals surface area contributed by atoms with Crippen molar-refractivity contribution >= 4 is 15.8 Å². The molecule has 134 valence electrons. The lowest BCUT2D eigenvalue weighted by Gasteiger charge is -2.08. The van der Waals surface area contributed by atoms with Gasteiger partial charge in [-0.1, -0.05) is 11.2 Å². The molecule has 26 heavy (non-hydrogen) atoms. The molecule has 3 rings (SSSR count). The third kappa shape index (κ3) is 3.54. The SMILES string of the molecule is Cc1nc(-c2ccc(OS(=O)(=O)c3ccc(C)c([N+](=O)[O-])c3)cc2)no1. The molecule has 0 aliphatic carbocycles. The Bertz CT molecular complexity index is 1070. The van der Waals surface area contributed by atoms with Crippen molar-refractivity contribution in [3.63, 3.8) is 0 Å². The first-order chi connectivity index (χ1) is 12.3. The first kappa shape index (κ1) is 17.5. The molecule has 0 N–H and O–H groups in total. The van der Waals surface area contributed by atoms with Crippen LogP contribution in [0.15, 0.2) is 51.9 Å². The second-order valence-electron chi connectivity index (χ2n) is 5.40. The lowest BCUT2D eigenvalue weighted by atomic mass is 10.2. The smallest absolute Gasteiger partial charge is 0.339 e. The van der Waals surface area contributed by atoms with Crippen LogP contribution in [0, 0.1) is 24.0 Å². The molecule has 0 aliphatic heterocycles. The van der Waals surface area contributed by atoms with Gasteiger partial charge in [0, 0.05) is 24.1 Å². The van der Waals surface area contributed by atoms with Gasteiger partial charge in [-0.05, 0) is 37.3 Å². The van der Waals surface area contributed by atoms with Crippen molar-refractivity contribution in [2.24, 2.45) is 0 Å². The fraction of sp³-hybridized carbons (Fsp3) is 0.125. The lowest BCUT2D eigenvalue weighted by molar-refractivity contribution is -0.385. The van der Waals surface area contributed by atoms with Gasteiger partial charge in [-0.2, -0.15) is 13.4 Å². The molecule has 0 spiro atoms. The van der Waals surface area contributed by atoms with E-state index in [1.165, 1.54) is 31.2 Å². The van der Waals surface area contributed by atoms with E-state index in [0.29, 0.717) is 22.8 Å². The molecule has 0 bridgehead atoms. The van der Waals surface area contributed by atoms with Crippen molar-refractivity contribution in [1.29, 1.82) is 0 Å². The van der Waals surface area contributed by atoms with Gasteiger partial charge in [0.1, 0.15) is 10.6 Å². The van der Waals surface area contributed by atoms with Gasteiger partial charge in [0.2, 0.25) is 11.7 Å². The average molecular weight is 375 g/mol. The standard InChI is InChI=1S/C16H13N3O6S/c1-10-3-8-14(9-15(10)19(20)21)26(22,23)25-13-6-4-12(5-7-13)16-17-11(2)24-18-16/h3-9H,1-2H3. The third-order valence-corrected chi connectivity index (χ3v) is 4.76. The molecule has 2 aromatic carbocycles. The van der Waals surface area contributed by atoms with E-state index in [0.717, 1.165) is 6.07 Å². The second-order valence-corrected chi connectivity index (χ2v) is 6.95. The molecule has 0 unspecified atom stereocenters. The predicted octanol–water partition coefficient (Wildman–Crippen LogP) is 3.03. The van der Waals surface area contributed by atoms with Crippen molar-refractivity contribution < 1.29 is 22.0 Å². The maximum absolute atomic E-state index is 12.4. The zero-order valence-corrected chi connectivity index (χ0v) is 14.6. The van der Waals surface area contributed by atoms with Gasteiger partial charge < -0.3 is 8.71 Å². The van der Waals surface area contributed by atoms with Crippen molar-refractivity contribution in [2.45, 2.75) is 18.7 Å². The fourth-order valence-electron chi connectivity index (χ4n) is 2.19. The van der Waals surface area contributed by atoms with E-state index in [1.807, 2.05) is 0 Å². The van der Waals surface area contributed by atoms with Crippen LogP contribution >= 0.6 is 0 Å². The van der Waals surface area contributed by atoms with E-state index in [1.54, 1.807) is 19.1 Å². The van der Waals surface area contributed by atoms with Crippen LogP contribution in [0.2, 0.25) is 0 Å². The molecule has 9 nitrogen and oxygen atoms in total. The minimum Gasteiger partial charge on any atom is -0.379 e. The largest absolute Gasteiger partial charge is 0.379 e. The third-order valence-electron chi connectivity index (χ3n) is 3.51. The second kappa shape index (κ2) is 6.56. The van der Waals surface area contributed by atoms with Crippen LogP contribution in [0.5, 0.6) is 5.75 Å². The minimum absolute atomic E-state index is 0.0530. The molecule has 3 aromatic rings. The summed E-state index contributed by atoms with van der Waals surface area (Å²) in [6.07, 6.45) is 0. The number of nitro groups is 1. The summed E-state index contributed by atoms with van der Waals surface area (Å²) in [6.45, 7) is 3.18. The summed E-state index contributed by atoms with van der Waals surface area (Å²) >= 11 is 0. The highest BCUT2D eigenvalue weighted by Gasteiger charge is 2.21. The van der Waals surface area contributed by atoms with E-state index < -0.39 is 15.0 Å². The van der Waals surface area contributed by atoms with Crippen LogP contribution in [0.25, 0.3) is 11.4 Å². The zero-order valence-electron chi connectivity index (χ0n) is 13.7. The number of hydrogen-bond acceptors (Lipinski definition) is 8. The molecular formula is C16H13N3O6S. The van der Waals surface area contributed by atoms with Gasteiger partial charge in [0.25, 0.3) is 5.69 Å². The van der Waals surface area contributed by atoms with Gasteiger partial charge in [-0.3, -0.25) is 10.1 Å². The number of aromatic nitrogens is 2. The highest BCUT2D eigenvalue weighted by molar-refractivity contribution is 7.87. The summed E-state index contributed by atoms with van der Waals surface area (Å²) in [5.41, 5.74) is 0.684. The number of hydrogen-bond donors (Lipinski definition) is 0. The van der Waals surface area contributed by atoms with Crippen molar-refractivity contribution in [2.75, 3.05) is 0 Å². The number of nitro benzene ring substituents is 1. The number of rotatable bonds is 5. The number of aryl methyl sites for hydroxylation is 2. The Morgan fingerprint density at radius 1 is 1.12 bits per heavy atom. The van der Waals surface area contributed by atoms with Gasteiger partial charge in [0.05, 0.1) is 4.92 Å². The summed E-state index contributed by atoms with van der Waals surface area (Å²) in [7, 11) is -4.21. The van der Waals surface area contributed by atoms with Gasteiger partial charge in [-0.15, -0.1) is 0 Å². The van der Waals surface area contributed by atoms with Crippen molar-refractivity contribution in [1.82, 2.24) is 10.1 Å². The summed E-state index contributed by atoms with van der Waals surface area (Å²) in [5.74, 6) is 0.826. The molecule has 0 saturated carbocycles. The average Bonchev–Trinajstić information content (AvgIpc) is 3.01. The van der Waals surface area contributed by atoms with Crippen molar-refractivity contribution in [3.8, 4) is 17.1 Å². The highest BCUT2D eigenvalue weighted by atomic mass is 32.2. The van der Waals surface area contributed by atoms with Crippen LogP contribution in [0.4, 0.5) is 5.69 Å². The maximum Gasteiger partial charge on any atom is 0.339 e. The number of benzene rings is 2. The van der Waals surface area contributed by atoms with E-state index >= 15 is 0 Å². The molecule has 1 aromatic heterocycles. The van der Waals surface area contributed by atoms with E-state index in [9.17, 15) is 18.5 Å². The number of nitrogens with zero attached hydrogens (tertiary/aromatic N) is 3. The van der Waals surface area contributed by atoms with Crippen LogP contribution < -0.4 is 4.18 Å². The predicted molar refractivity (Wildman–Crippen MR) is 90.1 cm³/mol. The summed E-state index contributed by atoms with van der Waals surface area (Å²) in [5, 5.41) is 14.7. The van der Waals surface area contributed by atoms with E-state index in [2.05, 4.69) is 10.1 Å². The Hall–Kier alpha value is -3.27. The van der Waals surface area contributed by atoms with Gasteiger partial charge in [0.15, 0.2) is 0 Å². The Morgan fingerprint density at radius 2 is 1.81 bits per heavy atom. The molecule has 0 atom stereocenters.